The first-order valence-corrected chi connectivity index (χ1v) is 18.0. The molecule has 4 atom stereocenters. The molecular formula is C37H47N7O7S. The summed E-state index contributed by atoms with van der Waals surface area (Å²) >= 11 is 1.18. The van der Waals surface area contributed by atoms with Gasteiger partial charge in [-0.2, -0.15) is 0 Å². The van der Waals surface area contributed by atoms with Crippen molar-refractivity contribution in [3.8, 4) is 5.75 Å². The Labute approximate surface area is 307 Å². The highest BCUT2D eigenvalue weighted by atomic mass is 32.1. The molecule has 2 heterocycles. The van der Waals surface area contributed by atoms with Crippen LogP contribution in [0.5, 0.6) is 5.75 Å². The number of benzene rings is 2. The number of carbonyl (C=O) groups excluding carboxylic acids is 6. The Kier molecular flexibility index (Phi) is 13.9. The second kappa shape index (κ2) is 18.3. The van der Waals surface area contributed by atoms with Gasteiger partial charge in [-0.05, 0) is 49.4 Å². The smallest absolute Gasteiger partial charge is 0.271 e. The van der Waals surface area contributed by atoms with Gasteiger partial charge >= 0.3 is 0 Å². The molecule has 0 radical (unpaired) electrons. The van der Waals surface area contributed by atoms with E-state index in [1.165, 1.54) is 42.1 Å². The third-order valence-electron chi connectivity index (χ3n) is 8.65. The van der Waals surface area contributed by atoms with E-state index in [2.05, 4.69) is 26.3 Å². The fourth-order valence-corrected chi connectivity index (χ4v) is 6.45. The Bertz CT molecular complexity index is 1750. The molecule has 15 heteroatoms. The monoisotopic (exact) mass is 733 g/mol. The highest BCUT2D eigenvalue weighted by molar-refractivity contribution is 7.09. The van der Waals surface area contributed by atoms with Crippen LogP contribution in [-0.2, 0) is 36.8 Å². The number of hydrogen-bond acceptors (Lipinski definition) is 9. The van der Waals surface area contributed by atoms with Crippen LogP contribution >= 0.6 is 11.3 Å². The van der Waals surface area contributed by atoms with Crippen molar-refractivity contribution in [1.29, 1.82) is 0 Å². The van der Waals surface area contributed by atoms with Gasteiger partial charge in [0.05, 0.1) is 26.1 Å². The van der Waals surface area contributed by atoms with Crippen molar-refractivity contribution in [3.05, 3.63) is 81.8 Å². The lowest BCUT2D eigenvalue weighted by atomic mass is 10.0. The van der Waals surface area contributed by atoms with Crippen molar-refractivity contribution in [2.45, 2.75) is 64.7 Å². The van der Waals surface area contributed by atoms with Crippen molar-refractivity contribution >= 4 is 46.8 Å². The molecule has 6 amide bonds. The Balaban J connectivity index is 1.67. The lowest BCUT2D eigenvalue weighted by molar-refractivity contribution is -0.138. The molecule has 4 N–H and O–H groups in total. The standard InChI is InChI=1S/C37H47N7O7S/c1-22(2)32-35(49)39-24(4)37(50)43(5)15-16-44(31(46)19-26-13-10-14-27(17-26)51-6)20-30(45)40-28(18-25-11-8-7-9-12-25)36-41-29(21-52-36)34(48)38-23(3)33(47)42-32/h7-14,17,21-24,28,32H,15-16,18-20H2,1-6H3,(H,38,48)(H,39,49)(H,40,45)(H,42,47)/t23-,24+,28-,32-/m0/s1. The van der Waals surface area contributed by atoms with E-state index in [1.54, 1.807) is 50.5 Å². The second-order valence-electron chi connectivity index (χ2n) is 13.1. The Morgan fingerprint density at radius 2 is 1.62 bits per heavy atom. The minimum atomic E-state index is -1.02. The van der Waals surface area contributed by atoms with Gasteiger partial charge in [-0.25, -0.2) is 4.98 Å². The normalized spacial score (nSPS) is 21.4. The fourth-order valence-electron chi connectivity index (χ4n) is 5.60. The first-order valence-electron chi connectivity index (χ1n) is 17.1. The fraction of sp³-hybridized carbons (Fsp3) is 0.432. The summed E-state index contributed by atoms with van der Waals surface area (Å²) in [6.07, 6.45) is 0.332. The molecule has 4 rings (SSSR count). The average molecular weight is 734 g/mol. The van der Waals surface area contributed by atoms with E-state index in [-0.39, 0.29) is 43.6 Å². The maximum atomic E-state index is 13.8. The molecule has 2 aromatic carbocycles. The lowest BCUT2D eigenvalue weighted by Crippen LogP contribution is -2.57. The van der Waals surface area contributed by atoms with Crippen LogP contribution in [0.1, 0.15) is 60.4 Å². The zero-order chi connectivity index (χ0) is 37.9. The molecule has 3 aromatic rings. The van der Waals surface area contributed by atoms with Gasteiger partial charge in [0.15, 0.2) is 0 Å². The number of hydrogen-bond donors (Lipinski definition) is 4. The van der Waals surface area contributed by atoms with Crippen LogP contribution < -0.4 is 26.0 Å². The average Bonchev–Trinajstić information content (AvgIpc) is 3.62. The predicted octanol–water partition coefficient (Wildman–Crippen LogP) is 1.86. The quantitative estimate of drug-likeness (QED) is 0.297. The van der Waals surface area contributed by atoms with E-state index < -0.39 is 53.7 Å². The summed E-state index contributed by atoms with van der Waals surface area (Å²) in [5.74, 6) is -2.77. The summed E-state index contributed by atoms with van der Waals surface area (Å²) in [5, 5.41) is 13.0. The van der Waals surface area contributed by atoms with Crippen molar-refractivity contribution < 1.29 is 33.5 Å². The van der Waals surface area contributed by atoms with E-state index in [1.807, 2.05) is 30.3 Å². The van der Waals surface area contributed by atoms with Crippen LogP contribution in [0.15, 0.2) is 60.0 Å². The van der Waals surface area contributed by atoms with E-state index >= 15 is 0 Å². The minimum Gasteiger partial charge on any atom is -0.497 e. The second-order valence-corrected chi connectivity index (χ2v) is 14.0. The van der Waals surface area contributed by atoms with Crippen LogP contribution in [-0.4, -0.2) is 102 Å². The predicted molar refractivity (Wildman–Crippen MR) is 195 cm³/mol. The third kappa shape index (κ3) is 10.8. The number of carbonyl (C=O) groups is 6. The Hall–Kier alpha value is -5.31. The van der Waals surface area contributed by atoms with Gasteiger partial charge in [0, 0.05) is 25.5 Å². The molecule has 0 fully saturated rings. The maximum absolute atomic E-state index is 13.8. The van der Waals surface area contributed by atoms with E-state index in [4.69, 9.17) is 4.74 Å². The van der Waals surface area contributed by atoms with Crippen LogP contribution in [0.25, 0.3) is 0 Å². The minimum absolute atomic E-state index is 0.0201. The summed E-state index contributed by atoms with van der Waals surface area (Å²) in [7, 11) is 3.08. The lowest BCUT2D eigenvalue weighted by Gasteiger charge is -2.29. The highest BCUT2D eigenvalue weighted by Crippen LogP contribution is 2.23. The molecule has 0 saturated carbocycles. The topological polar surface area (TPSA) is 179 Å². The Morgan fingerprint density at radius 1 is 0.904 bits per heavy atom. The number of methoxy groups -OCH3 is 1. The van der Waals surface area contributed by atoms with Crippen LogP contribution in [0.2, 0.25) is 0 Å². The molecule has 278 valence electrons. The Morgan fingerprint density at radius 3 is 2.31 bits per heavy atom. The number of aromatic nitrogens is 1. The molecule has 0 aliphatic carbocycles. The number of ether oxygens (including phenoxy) is 1. The maximum Gasteiger partial charge on any atom is 0.271 e. The first-order chi connectivity index (χ1) is 24.7. The molecule has 52 heavy (non-hydrogen) atoms. The number of rotatable bonds is 6. The number of fused-ring (bicyclic) bond motifs is 2. The summed E-state index contributed by atoms with van der Waals surface area (Å²) in [6, 6.07) is 12.9. The summed E-state index contributed by atoms with van der Waals surface area (Å²) < 4.78 is 5.31. The van der Waals surface area contributed by atoms with Gasteiger partial charge in [-0.15, -0.1) is 11.3 Å². The van der Waals surface area contributed by atoms with Crippen molar-refractivity contribution in [2.75, 3.05) is 33.8 Å². The molecule has 1 aliphatic rings. The SMILES string of the molecule is COc1cccc(CC(=O)N2CCN(C)C(=O)[C@@H](C)NC(=O)[C@H](C(C)C)NC(=O)[C@H](C)NC(=O)c3csc(n3)[C@H](Cc3ccccc3)NC(=O)C2)c1. The van der Waals surface area contributed by atoms with E-state index in [0.717, 1.165) is 5.56 Å². The molecule has 14 nitrogen and oxygen atoms in total. The van der Waals surface area contributed by atoms with Crippen LogP contribution in [0.4, 0.5) is 0 Å². The first kappa shape index (κ1) is 39.5. The molecular weight excluding hydrogens is 687 g/mol. The van der Waals surface area contributed by atoms with Gasteiger partial charge < -0.3 is 35.8 Å². The number of thiazole rings is 1. The van der Waals surface area contributed by atoms with Gasteiger partial charge in [0.25, 0.3) is 5.91 Å². The van der Waals surface area contributed by atoms with Crippen LogP contribution in [0, 0.1) is 5.92 Å². The summed E-state index contributed by atoms with van der Waals surface area (Å²) in [6.45, 7) is 6.30. The largest absolute Gasteiger partial charge is 0.497 e. The van der Waals surface area contributed by atoms with Gasteiger partial charge in [-0.1, -0.05) is 56.3 Å². The van der Waals surface area contributed by atoms with Crippen molar-refractivity contribution in [1.82, 2.24) is 36.1 Å². The number of nitrogens with zero attached hydrogens (tertiary/aromatic N) is 3. The van der Waals surface area contributed by atoms with Gasteiger partial charge in [0.1, 0.15) is 34.6 Å². The molecule has 2 bridgehead atoms. The third-order valence-corrected chi connectivity index (χ3v) is 9.60. The number of likely N-dealkylation sites (N-methyl/N-ethyl adjacent to an activating group) is 1. The highest BCUT2D eigenvalue weighted by Gasteiger charge is 2.31. The van der Waals surface area contributed by atoms with E-state index in [9.17, 15) is 28.8 Å². The summed E-state index contributed by atoms with van der Waals surface area (Å²) in [4.78, 5) is 87.8. The zero-order valence-corrected chi connectivity index (χ0v) is 31.1. The summed E-state index contributed by atoms with van der Waals surface area (Å²) in [5.41, 5.74) is 1.65. The van der Waals surface area contributed by atoms with Gasteiger partial charge in [-0.3, -0.25) is 28.8 Å². The van der Waals surface area contributed by atoms with Crippen molar-refractivity contribution in [3.63, 3.8) is 0 Å². The molecule has 1 aromatic heterocycles. The molecule has 1 aliphatic heterocycles. The van der Waals surface area contributed by atoms with Gasteiger partial charge in [0.2, 0.25) is 29.5 Å². The number of nitrogens with one attached hydrogen (secondary N) is 4. The molecule has 0 unspecified atom stereocenters. The zero-order valence-electron chi connectivity index (χ0n) is 30.3. The van der Waals surface area contributed by atoms with Crippen LogP contribution in [0.3, 0.4) is 0 Å². The molecule has 0 spiro atoms. The molecule has 0 saturated heterocycles. The number of amides is 6. The van der Waals surface area contributed by atoms with E-state index in [0.29, 0.717) is 22.7 Å². The van der Waals surface area contributed by atoms with Crippen molar-refractivity contribution in [2.24, 2.45) is 5.92 Å².